The van der Waals surface area contributed by atoms with E-state index in [0.29, 0.717) is 6.04 Å². The summed E-state index contributed by atoms with van der Waals surface area (Å²) in [5, 5.41) is 15.7. The van der Waals surface area contributed by atoms with Crippen molar-refractivity contribution < 1.29 is 10.8 Å². The minimum absolute atomic E-state index is 0.583. The molecule has 5 nitrogen and oxygen atoms in total. The Morgan fingerprint density at radius 1 is 1.50 bits per heavy atom. The Balaban J connectivity index is 0. The van der Waals surface area contributed by atoms with Crippen molar-refractivity contribution in [2.75, 3.05) is 0 Å². The topological polar surface area (TPSA) is 101 Å². The molecule has 0 aromatic heterocycles. The maximum absolute atomic E-state index is 8.47. The van der Waals surface area contributed by atoms with E-state index in [1.807, 2.05) is 0 Å². The number of nitrogens with one attached hydrogen (secondary N) is 1. The Hall–Kier alpha value is -0.840. The van der Waals surface area contributed by atoms with Crippen LogP contribution in [0.3, 0.4) is 0 Å². The smallest absolute Gasteiger partial charge is 0.0786 e. The Labute approximate surface area is 47.8 Å². The van der Waals surface area contributed by atoms with Gasteiger partial charge in [-0.2, -0.15) is 0 Å². The van der Waals surface area contributed by atoms with Gasteiger partial charge in [-0.25, -0.2) is 0 Å². The molecule has 0 heterocycles. The van der Waals surface area contributed by atoms with Gasteiger partial charge in [-0.15, -0.1) is 0 Å². The molecule has 0 aliphatic carbocycles. The first-order valence-corrected chi connectivity index (χ1v) is 2.15. The lowest BCUT2D eigenvalue weighted by molar-refractivity contribution is -0.482. The number of nitrogens with zero attached hydrogens (tertiary/aromatic N) is 1. The van der Waals surface area contributed by atoms with Crippen molar-refractivity contribution in [3.05, 3.63) is 10.4 Å². The molecule has 0 saturated heterocycles. The van der Waals surface area contributed by atoms with Crippen molar-refractivity contribution in [2.45, 2.75) is 19.9 Å². The summed E-state index contributed by atoms with van der Waals surface area (Å²) in [5.74, 6) is 0. The van der Waals surface area contributed by atoms with Crippen LogP contribution >= 0.6 is 0 Å². The molecule has 0 saturated carbocycles. The van der Waals surface area contributed by atoms with E-state index < -0.39 is 5.02 Å². The van der Waals surface area contributed by atoms with E-state index in [-0.39, 0.29) is 0 Å². The van der Waals surface area contributed by atoms with Crippen molar-refractivity contribution in [2.24, 2.45) is 0 Å². The minimum atomic E-state index is -1.25. The number of hydrogen-bond donors (Lipinski definition) is 2. The summed E-state index contributed by atoms with van der Waals surface area (Å²) in [7, 11) is 0. The third kappa shape index (κ3) is 127. The first-order chi connectivity index (χ1) is 3.46. The SMILES string of the molecule is CC(C)[NH3+].N=[N+]([O-])[O-]. The highest BCUT2D eigenvalue weighted by molar-refractivity contribution is 4.17. The Morgan fingerprint density at radius 2 is 1.50 bits per heavy atom. The first kappa shape index (κ1) is 10.2. The summed E-state index contributed by atoms with van der Waals surface area (Å²) < 4.78 is 0. The predicted octanol–water partition coefficient (Wildman–Crippen LogP) is -0.338. The fourth-order valence-electron chi connectivity index (χ4n) is 0. The van der Waals surface area contributed by atoms with Crippen LogP contribution in [0, 0.1) is 15.9 Å². The van der Waals surface area contributed by atoms with E-state index in [2.05, 4.69) is 19.6 Å². The zero-order chi connectivity index (χ0) is 7.15. The molecular formula is C3H11N3O2. The molecule has 0 aromatic carbocycles. The van der Waals surface area contributed by atoms with E-state index in [1.54, 1.807) is 0 Å². The molecule has 0 bridgehead atoms. The van der Waals surface area contributed by atoms with Crippen LogP contribution in [0.5, 0.6) is 0 Å². The standard InChI is InChI=1S/C3H9N.HN2O2/c1-3(2)4;1-2(3)4/h3H,4H2,1-2H3;(H-,1,3,4)/q;-1/p+1. The molecule has 0 aromatic rings. The van der Waals surface area contributed by atoms with Crippen LogP contribution in [0.4, 0.5) is 0 Å². The summed E-state index contributed by atoms with van der Waals surface area (Å²) in [4.78, 5) is 0. The molecule has 0 atom stereocenters. The third-order valence-corrected chi connectivity index (χ3v) is 0. The molecule has 0 radical (unpaired) electrons. The van der Waals surface area contributed by atoms with Crippen LogP contribution in [-0.4, -0.2) is 11.1 Å². The van der Waals surface area contributed by atoms with Crippen molar-refractivity contribution in [1.29, 1.82) is 5.53 Å². The minimum Gasteiger partial charge on any atom is -0.588 e. The molecule has 0 aliphatic heterocycles. The van der Waals surface area contributed by atoms with Gasteiger partial charge in [0, 0.05) is 0 Å². The zero-order valence-electron chi connectivity index (χ0n) is 5.05. The maximum atomic E-state index is 8.47. The van der Waals surface area contributed by atoms with Crippen LogP contribution in [0.25, 0.3) is 0 Å². The van der Waals surface area contributed by atoms with Gasteiger partial charge in [0.2, 0.25) is 0 Å². The van der Waals surface area contributed by atoms with E-state index >= 15 is 0 Å². The van der Waals surface area contributed by atoms with E-state index in [4.69, 9.17) is 15.9 Å². The highest BCUT2D eigenvalue weighted by atomic mass is 16.8. The monoisotopic (exact) mass is 121 g/mol. The number of rotatable bonds is 0. The van der Waals surface area contributed by atoms with Crippen molar-refractivity contribution >= 4 is 0 Å². The molecule has 5 heteroatoms. The van der Waals surface area contributed by atoms with Gasteiger partial charge in [0.05, 0.1) is 6.04 Å². The second-order valence-corrected chi connectivity index (χ2v) is 1.65. The quantitative estimate of drug-likeness (QED) is 0.338. The second-order valence-electron chi connectivity index (χ2n) is 1.65. The average molecular weight is 121 g/mol. The largest absolute Gasteiger partial charge is 0.588 e. The van der Waals surface area contributed by atoms with Crippen molar-refractivity contribution in [1.82, 2.24) is 0 Å². The number of quaternary nitrogens is 1. The van der Waals surface area contributed by atoms with Gasteiger partial charge in [0.1, 0.15) is 0 Å². The summed E-state index contributed by atoms with van der Waals surface area (Å²) in [6, 6.07) is 0.583. The van der Waals surface area contributed by atoms with Crippen LogP contribution in [-0.2, 0) is 0 Å². The van der Waals surface area contributed by atoms with Crippen LogP contribution in [0.15, 0.2) is 0 Å². The second kappa shape index (κ2) is 6.16. The normalized spacial score (nSPS) is 7.50. The molecule has 0 amide bonds. The Morgan fingerprint density at radius 3 is 1.50 bits per heavy atom. The molecule has 0 aliphatic rings. The van der Waals surface area contributed by atoms with E-state index in [1.165, 1.54) is 0 Å². The molecular weight excluding hydrogens is 110 g/mol. The van der Waals surface area contributed by atoms with Crippen LogP contribution in [0.1, 0.15) is 13.8 Å². The summed E-state index contributed by atoms with van der Waals surface area (Å²) in [6.45, 7) is 4.11. The fourth-order valence-corrected chi connectivity index (χ4v) is 0. The van der Waals surface area contributed by atoms with Gasteiger partial charge in [-0.1, -0.05) is 5.02 Å². The summed E-state index contributed by atoms with van der Waals surface area (Å²) >= 11 is 0. The molecule has 0 rings (SSSR count). The van der Waals surface area contributed by atoms with E-state index in [0.717, 1.165) is 0 Å². The lowest BCUT2D eigenvalue weighted by Gasteiger charge is -1.88. The summed E-state index contributed by atoms with van der Waals surface area (Å²) in [6.07, 6.45) is 0. The third-order valence-electron chi connectivity index (χ3n) is 0. The highest BCUT2D eigenvalue weighted by Crippen LogP contribution is 1.53. The van der Waals surface area contributed by atoms with Crippen molar-refractivity contribution in [3.8, 4) is 0 Å². The van der Waals surface area contributed by atoms with Gasteiger partial charge in [0.25, 0.3) is 0 Å². The highest BCUT2D eigenvalue weighted by Gasteiger charge is 1.72. The van der Waals surface area contributed by atoms with Gasteiger partial charge in [0.15, 0.2) is 0 Å². The Kier molecular flexibility index (Phi) is 7.86. The number of hydrogen-bond acceptors (Lipinski definition) is 3. The zero-order valence-corrected chi connectivity index (χ0v) is 5.05. The summed E-state index contributed by atoms with van der Waals surface area (Å²) in [5.41, 5.74) is 8.94. The molecule has 0 fully saturated rings. The van der Waals surface area contributed by atoms with Gasteiger partial charge in [-0.05, 0) is 19.4 Å². The molecule has 0 unspecified atom stereocenters. The van der Waals surface area contributed by atoms with Gasteiger partial charge < -0.3 is 16.1 Å². The molecule has 4 N–H and O–H groups in total. The molecule has 8 heavy (non-hydrogen) atoms. The first-order valence-electron chi connectivity index (χ1n) is 2.15. The van der Waals surface area contributed by atoms with Gasteiger partial charge >= 0.3 is 0 Å². The van der Waals surface area contributed by atoms with Crippen LogP contribution in [0.2, 0.25) is 0 Å². The lowest BCUT2D eigenvalue weighted by atomic mass is 10.5. The van der Waals surface area contributed by atoms with Crippen molar-refractivity contribution in [3.63, 3.8) is 0 Å². The average Bonchev–Trinajstić information content (AvgIpc) is 1.25. The Bertz CT molecular complexity index is 56.8. The predicted molar refractivity (Wildman–Crippen MR) is 27.7 cm³/mol. The maximum Gasteiger partial charge on any atom is 0.0786 e. The molecule has 0 spiro atoms. The lowest BCUT2D eigenvalue weighted by Crippen LogP contribution is -2.57. The fraction of sp³-hybridized carbons (Fsp3) is 1.00. The van der Waals surface area contributed by atoms with Crippen LogP contribution < -0.4 is 5.73 Å². The van der Waals surface area contributed by atoms with Gasteiger partial charge in [-0.3, -0.25) is 0 Å². The van der Waals surface area contributed by atoms with E-state index in [9.17, 15) is 0 Å². The molecule has 50 valence electrons.